The first kappa shape index (κ1) is 18.8. The lowest BCUT2D eigenvalue weighted by molar-refractivity contribution is 0.0477. The second-order valence-corrected chi connectivity index (χ2v) is 7.45. The number of aryl methyl sites for hydroxylation is 1. The number of benzene rings is 3. The SMILES string of the molecule is Cc1ccn2c(c1)c(C(=O)OCc1ccccc1)c1c(N=O)c3ccccc3c(O)c12. The van der Waals surface area contributed by atoms with Crippen molar-refractivity contribution in [3.05, 3.63) is 94.5 Å². The number of fused-ring (bicyclic) bond motifs is 4. The zero-order chi connectivity index (χ0) is 21.5. The van der Waals surface area contributed by atoms with Crippen molar-refractivity contribution in [1.29, 1.82) is 0 Å². The summed E-state index contributed by atoms with van der Waals surface area (Å²) in [6, 6.07) is 20.0. The molecule has 0 radical (unpaired) electrons. The third kappa shape index (κ3) is 2.92. The third-order valence-electron chi connectivity index (χ3n) is 5.50. The molecule has 0 atom stereocenters. The Bertz CT molecular complexity index is 1490. The number of rotatable bonds is 4. The molecule has 2 aromatic heterocycles. The molecule has 152 valence electrons. The molecule has 0 aliphatic heterocycles. The molecule has 0 aliphatic rings. The van der Waals surface area contributed by atoms with E-state index in [9.17, 15) is 14.8 Å². The van der Waals surface area contributed by atoms with Crippen LogP contribution < -0.4 is 0 Å². The van der Waals surface area contributed by atoms with E-state index in [0.717, 1.165) is 11.1 Å². The number of carbonyl (C=O) groups excluding carboxylic acids is 1. The van der Waals surface area contributed by atoms with Crippen LogP contribution in [0.5, 0.6) is 5.75 Å². The van der Waals surface area contributed by atoms with Gasteiger partial charge in [-0.15, -0.1) is 4.91 Å². The van der Waals surface area contributed by atoms with Crippen molar-refractivity contribution in [3.8, 4) is 5.75 Å². The Morgan fingerprint density at radius 2 is 1.74 bits per heavy atom. The van der Waals surface area contributed by atoms with Gasteiger partial charge in [-0.25, -0.2) is 4.79 Å². The second kappa shape index (κ2) is 7.25. The van der Waals surface area contributed by atoms with Gasteiger partial charge in [0.15, 0.2) is 0 Å². The van der Waals surface area contributed by atoms with E-state index < -0.39 is 5.97 Å². The minimum Gasteiger partial charge on any atom is -0.505 e. The van der Waals surface area contributed by atoms with Gasteiger partial charge >= 0.3 is 5.97 Å². The van der Waals surface area contributed by atoms with Gasteiger partial charge in [-0.3, -0.25) is 0 Å². The molecule has 0 amide bonds. The Balaban J connectivity index is 1.82. The van der Waals surface area contributed by atoms with Crippen LogP contribution in [0.4, 0.5) is 5.69 Å². The van der Waals surface area contributed by atoms with Crippen LogP contribution in [0.25, 0.3) is 27.2 Å². The molecular formula is C25H18N2O4. The first-order chi connectivity index (χ1) is 15.1. The molecule has 0 aliphatic carbocycles. The highest BCUT2D eigenvalue weighted by Crippen LogP contribution is 2.46. The monoisotopic (exact) mass is 410 g/mol. The van der Waals surface area contributed by atoms with Crippen molar-refractivity contribution in [3.63, 3.8) is 0 Å². The average molecular weight is 410 g/mol. The summed E-state index contributed by atoms with van der Waals surface area (Å²) in [5, 5.41) is 15.6. The molecule has 31 heavy (non-hydrogen) atoms. The third-order valence-corrected chi connectivity index (χ3v) is 5.50. The van der Waals surface area contributed by atoms with E-state index in [1.54, 1.807) is 34.9 Å². The molecule has 0 unspecified atom stereocenters. The van der Waals surface area contributed by atoms with Crippen molar-refractivity contribution in [2.75, 3.05) is 0 Å². The lowest BCUT2D eigenvalue weighted by atomic mass is 10.0. The number of nitrogens with zero attached hydrogens (tertiary/aromatic N) is 2. The van der Waals surface area contributed by atoms with Crippen molar-refractivity contribution >= 4 is 38.8 Å². The summed E-state index contributed by atoms with van der Waals surface area (Å²) in [7, 11) is 0. The number of nitroso groups, excluding NO2 is 1. The van der Waals surface area contributed by atoms with Crippen LogP contribution in [0.1, 0.15) is 21.5 Å². The van der Waals surface area contributed by atoms with Gasteiger partial charge in [-0.1, -0.05) is 54.6 Å². The topological polar surface area (TPSA) is 80.4 Å². The van der Waals surface area contributed by atoms with Gasteiger partial charge in [0, 0.05) is 22.4 Å². The standard InChI is InChI=1S/C25H18N2O4/c1-15-11-12-27-19(13-15)20(25(29)31-14-16-7-3-2-4-8-16)21-22(26-30)17-9-5-6-10-18(17)24(28)23(21)27/h2-13,28H,14H2,1H3. The molecule has 0 fully saturated rings. The van der Waals surface area contributed by atoms with Crippen molar-refractivity contribution in [2.24, 2.45) is 5.18 Å². The zero-order valence-corrected chi connectivity index (χ0v) is 16.7. The van der Waals surface area contributed by atoms with Crippen molar-refractivity contribution in [1.82, 2.24) is 4.40 Å². The number of hydrogen-bond donors (Lipinski definition) is 1. The number of aromatic nitrogens is 1. The van der Waals surface area contributed by atoms with E-state index in [4.69, 9.17) is 4.74 Å². The zero-order valence-electron chi connectivity index (χ0n) is 16.7. The molecule has 6 heteroatoms. The fraction of sp³-hybridized carbons (Fsp3) is 0.0800. The van der Waals surface area contributed by atoms with Crippen LogP contribution in [-0.4, -0.2) is 15.5 Å². The normalized spacial score (nSPS) is 11.3. The lowest BCUT2D eigenvalue weighted by Gasteiger charge is -2.08. The smallest absolute Gasteiger partial charge is 0.341 e. The molecule has 0 spiro atoms. The first-order valence-electron chi connectivity index (χ1n) is 9.82. The summed E-state index contributed by atoms with van der Waals surface area (Å²) < 4.78 is 7.31. The van der Waals surface area contributed by atoms with Crippen LogP contribution >= 0.6 is 0 Å². The van der Waals surface area contributed by atoms with Gasteiger partial charge in [0.1, 0.15) is 18.0 Å². The fourth-order valence-electron chi connectivity index (χ4n) is 4.08. The molecule has 1 N–H and O–H groups in total. The highest BCUT2D eigenvalue weighted by atomic mass is 16.5. The fourth-order valence-corrected chi connectivity index (χ4v) is 4.08. The Kier molecular flexibility index (Phi) is 4.40. The van der Waals surface area contributed by atoms with Crippen LogP contribution in [0.15, 0.2) is 78.1 Å². The predicted octanol–water partition coefficient (Wildman–Crippen LogP) is 6.01. The van der Waals surface area contributed by atoms with Gasteiger partial charge in [0.25, 0.3) is 0 Å². The average Bonchev–Trinajstić information content (AvgIpc) is 3.13. The minimum absolute atomic E-state index is 0.0148. The maximum Gasteiger partial charge on any atom is 0.341 e. The molecule has 5 aromatic rings. The molecule has 2 heterocycles. The Morgan fingerprint density at radius 3 is 2.48 bits per heavy atom. The minimum atomic E-state index is -0.582. The molecule has 5 rings (SSSR count). The van der Waals surface area contributed by atoms with Crippen LogP contribution in [0.2, 0.25) is 0 Å². The van der Waals surface area contributed by atoms with Gasteiger partial charge in [-0.2, -0.15) is 0 Å². The van der Waals surface area contributed by atoms with E-state index in [1.165, 1.54) is 0 Å². The van der Waals surface area contributed by atoms with E-state index in [1.807, 2.05) is 49.4 Å². The van der Waals surface area contributed by atoms with Gasteiger partial charge in [0.05, 0.1) is 16.6 Å². The predicted molar refractivity (Wildman–Crippen MR) is 120 cm³/mol. The summed E-state index contributed by atoms with van der Waals surface area (Å²) in [4.78, 5) is 25.2. The van der Waals surface area contributed by atoms with E-state index >= 15 is 0 Å². The van der Waals surface area contributed by atoms with Crippen molar-refractivity contribution < 1.29 is 14.6 Å². The van der Waals surface area contributed by atoms with Crippen LogP contribution in [-0.2, 0) is 11.3 Å². The van der Waals surface area contributed by atoms with Gasteiger partial charge in [0.2, 0.25) is 0 Å². The number of hydrogen-bond acceptors (Lipinski definition) is 5. The number of phenolic OH excluding ortho intramolecular Hbond substituents is 1. The maximum atomic E-state index is 13.3. The molecule has 0 saturated heterocycles. The number of pyridine rings is 1. The first-order valence-corrected chi connectivity index (χ1v) is 9.82. The molecule has 0 bridgehead atoms. The summed E-state index contributed by atoms with van der Waals surface area (Å²) in [6.07, 6.45) is 1.77. The Labute approximate surface area is 177 Å². The summed E-state index contributed by atoms with van der Waals surface area (Å²) in [6.45, 7) is 2.00. The van der Waals surface area contributed by atoms with Gasteiger partial charge < -0.3 is 14.2 Å². The number of esters is 1. The summed E-state index contributed by atoms with van der Waals surface area (Å²) >= 11 is 0. The largest absolute Gasteiger partial charge is 0.505 e. The van der Waals surface area contributed by atoms with E-state index in [-0.39, 0.29) is 29.0 Å². The van der Waals surface area contributed by atoms with E-state index in [2.05, 4.69) is 5.18 Å². The summed E-state index contributed by atoms with van der Waals surface area (Å²) in [5.74, 6) is -0.597. The highest BCUT2D eigenvalue weighted by molar-refractivity contribution is 6.23. The number of ether oxygens (including phenoxy) is 1. The van der Waals surface area contributed by atoms with Crippen LogP contribution in [0.3, 0.4) is 0 Å². The molecule has 3 aromatic carbocycles. The lowest BCUT2D eigenvalue weighted by Crippen LogP contribution is -2.05. The van der Waals surface area contributed by atoms with Crippen LogP contribution in [0, 0.1) is 11.8 Å². The molecular weight excluding hydrogens is 392 g/mol. The van der Waals surface area contributed by atoms with E-state index in [0.29, 0.717) is 21.8 Å². The number of carbonyl (C=O) groups is 1. The Hall–Kier alpha value is -4.19. The quantitative estimate of drug-likeness (QED) is 0.290. The second-order valence-electron chi connectivity index (χ2n) is 7.45. The Morgan fingerprint density at radius 1 is 1.03 bits per heavy atom. The highest BCUT2D eigenvalue weighted by Gasteiger charge is 2.27. The number of phenols is 1. The number of aromatic hydroxyl groups is 1. The summed E-state index contributed by atoms with van der Waals surface area (Å²) in [5.41, 5.74) is 3.00. The molecule has 6 nitrogen and oxygen atoms in total. The maximum absolute atomic E-state index is 13.3. The molecule has 0 saturated carbocycles. The van der Waals surface area contributed by atoms with Crippen molar-refractivity contribution in [2.45, 2.75) is 13.5 Å². The van der Waals surface area contributed by atoms with Gasteiger partial charge in [-0.05, 0) is 35.4 Å².